The zero-order valence-electron chi connectivity index (χ0n) is 18.5. The van der Waals surface area contributed by atoms with Gasteiger partial charge in [0.05, 0.1) is 19.2 Å². The standard InChI is InChI=1S/C26H25NO5/c1-15-9-11-18(13-16(15)2)24(28)22-23(21-12-10-17(3)32-21)27(26(30)25(22)29)14-19-7-5-6-8-20(19)31-4/h5-13,23,28H,14H2,1-4H3/b24-22+. The number of nitrogens with zero attached hydrogens (tertiary/aromatic N) is 1. The zero-order valence-corrected chi connectivity index (χ0v) is 18.5. The Morgan fingerprint density at radius 3 is 2.44 bits per heavy atom. The second-order valence-electron chi connectivity index (χ2n) is 7.99. The summed E-state index contributed by atoms with van der Waals surface area (Å²) in [5.41, 5.74) is 3.29. The predicted octanol–water partition coefficient (Wildman–Crippen LogP) is 4.84. The smallest absolute Gasteiger partial charge is 0.296 e. The Balaban J connectivity index is 1.86. The first-order valence-electron chi connectivity index (χ1n) is 10.4. The highest BCUT2D eigenvalue weighted by Gasteiger charge is 2.47. The van der Waals surface area contributed by atoms with Crippen LogP contribution in [-0.2, 0) is 16.1 Å². The summed E-state index contributed by atoms with van der Waals surface area (Å²) in [6.07, 6.45) is 0. The summed E-state index contributed by atoms with van der Waals surface area (Å²) in [5.74, 6) is 0.0250. The van der Waals surface area contributed by atoms with Crippen LogP contribution >= 0.6 is 0 Å². The van der Waals surface area contributed by atoms with E-state index >= 15 is 0 Å². The van der Waals surface area contributed by atoms with Gasteiger partial charge in [-0.25, -0.2) is 0 Å². The van der Waals surface area contributed by atoms with E-state index in [0.29, 0.717) is 22.8 Å². The van der Waals surface area contributed by atoms with Crippen molar-refractivity contribution >= 4 is 17.4 Å². The van der Waals surface area contributed by atoms with Crippen LogP contribution in [0.25, 0.3) is 5.76 Å². The molecule has 3 aromatic rings. The Morgan fingerprint density at radius 2 is 1.78 bits per heavy atom. The van der Waals surface area contributed by atoms with Gasteiger partial charge in [-0.2, -0.15) is 0 Å². The molecule has 1 fully saturated rings. The molecule has 0 aliphatic carbocycles. The summed E-state index contributed by atoms with van der Waals surface area (Å²) < 4.78 is 11.2. The number of aryl methyl sites for hydroxylation is 3. The number of ether oxygens (including phenoxy) is 1. The Bertz CT molecular complexity index is 1240. The minimum absolute atomic E-state index is 0.0162. The first kappa shape index (κ1) is 21.4. The number of aliphatic hydroxyl groups excluding tert-OH is 1. The zero-order chi connectivity index (χ0) is 23.0. The van der Waals surface area contributed by atoms with Crippen LogP contribution in [0.15, 0.2) is 64.6 Å². The molecule has 1 atom stereocenters. The number of Topliss-reactive ketones (excluding diaryl/α,β-unsaturated/α-hetero) is 1. The van der Waals surface area contributed by atoms with Crippen molar-refractivity contribution in [1.29, 1.82) is 0 Å². The Kier molecular flexibility index (Phi) is 5.61. The Hall–Kier alpha value is -3.80. The van der Waals surface area contributed by atoms with Gasteiger partial charge in [0.15, 0.2) is 0 Å². The lowest BCUT2D eigenvalue weighted by Gasteiger charge is -2.24. The highest BCUT2D eigenvalue weighted by atomic mass is 16.5. The van der Waals surface area contributed by atoms with E-state index in [4.69, 9.17) is 9.15 Å². The highest BCUT2D eigenvalue weighted by Crippen LogP contribution is 2.41. The molecule has 0 spiro atoms. The molecule has 1 aromatic heterocycles. The van der Waals surface area contributed by atoms with Gasteiger partial charge < -0.3 is 19.2 Å². The van der Waals surface area contributed by atoms with Gasteiger partial charge in [-0.1, -0.05) is 30.3 Å². The van der Waals surface area contributed by atoms with Crippen LogP contribution in [0.3, 0.4) is 0 Å². The Morgan fingerprint density at radius 1 is 1.03 bits per heavy atom. The lowest BCUT2D eigenvalue weighted by molar-refractivity contribution is -0.140. The van der Waals surface area contributed by atoms with Gasteiger partial charge in [0, 0.05) is 11.1 Å². The highest BCUT2D eigenvalue weighted by molar-refractivity contribution is 6.46. The molecule has 0 bridgehead atoms. The van der Waals surface area contributed by atoms with Crippen molar-refractivity contribution < 1.29 is 23.8 Å². The number of amides is 1. The van der Waals surface area contributed by atoms with E-state index in [0.717, 1.165) is 16.7 Å². The van der Waals surface area contributed by atoms with Crippen molar-refractivity contribution in [2.75, 3.05) is 7.11 Å². The maximum Gasteiger partial charge on any atom is 0.296 e. The van der Waals surface area contributed by atoms with Gasteiger partial charge in [-0.15, -0.1) is 0 Å². The van der Waals surface area contributed by atoms with Crippen molar-refractivity contribution in [3.63, 3.8) is 0 Å². The third kappa shape index (κ3) is 3.68. The van der Waals surface area contributed by atoms with E-state index in [9.17, 15) is 14.7 Å². The number of likely N-dealkylation sites (tertiary alicyclic amines) is 1. The fourth-order valence-corrected chi connectivity index (χ4v) is 4.00. The van der Waals surface area contributed by atoms with E-state index in [2.05, 4.69) is 0 Å². The summed E-state index contributed by atoms with van der Waals surface area (Å²) in [4.78, 5) is 27.7. The van der Waals surface area contributed by atoms with Crippen molar-refractivity contribution in [2.24, 2.45) is 0 Å². The molecule has 2 aromatic carbocycles. The molecule has 0 saturated carbocycles. The monoisotopic (exact) mass is 431 g/mol. The van der Waals surface area contributed by atoms with Gasteiger partial charge in [0.2, 0.25) is 0 Å². The molecule has 6 nitrogen and oxygen atoms in total. The summed E-state index contributed by atoms with van der Waals surface area (Å²) in [7, 11) is 1.56. The second-order valence-corrected chi connectivity index (χ2v) is 7.99. The number of para-hydroxylation sites is 1. The number of aliphatic hydroxyl groups is 1. The van der Waals surface area contributed by atoms with Crippen LogP contribution in [0.5, 0.6) is 5.75 Å². The molecular formula is C26H25NO5. The van der Waals surface area contributed by atoms with Crippen molar-refractivity contribution in [1.82, 2.24) is 4.90 Å². The third-order valence-electron chi connectivity index (χ3n) is 5.88. The Labute approximate surface area is 186 Å². The maximum absolute atomic E-state index is 13.1. The number of benzene rings is 2. The SMILES string of the molecule is COc1ccccc1CN1C(=O)C(=O)/C(=C(/O)c2ccc(C)c(C)c2)C1c1ccc(C)o1. The molecule has 0 radical (unpaired) electrons. The third-order valence-corrected chi connectivity index (χ3v) is 5.88. The van der Waals surface area contributed by atoms with Gasteiger partial charge in [-0.05, 0) is 56.2 Å². The molecule has 32 heavy (non-hydrogen) atoms. The van der Waals surface area contributed by atoms with Crippen molar-refractivity contribution in [3.05, 3.63) is 93.9 Å². The van der Waals surface area contributed by atoms with Crippen molar-refractivity contribution in [2.45, 2.75) is 33.4 Å². The van der Waals surface area contributed by atoms with Crippen LogP contribution in [0.1, 0.15) is 39.8 Å². The molecule has 1 aliphatic heterocycles. The molecule has 1 aliphatic rings. The van der Waals surface area contributed by atoms with Crippen LogP contribution in [0.4, 0.5) is 0 Å². The van der Waals surface area contributed by atoms with Crippen LogP contribution < -0.4 is 4.74 Å². The number of carbonyl (C=O) groups excluding carboxylic acids is 2. The average molecular weight is 431 g/mol. The summed E-state index contributed by atoms with van der Waals surface area (Å²) in [5, 5.41) is 11.2. The molecule has 1 unspecified atom stereocenters. The lowest BCUT2D eigenvalue weighted by atomic mass is 9.97. The molecule has 164 valence electrons. The van der Waals surface area contributed by atoms with E-state index < -0.39 is 17.7 Å². The topological polar surface area (TPSA) is 80.0 Å². The summed E-state index contributed by atoms with van der Waals surface area (Å²) >= 11 is 0. The van der Waals surface area contributed by atoms with Crippen molar-refractivity contribution in [3.8, 4) is 5.75 Å². The summed E-state index contributed by atoms with van der Waals surface area (Å²) in [6, 6.07) is 15.4. The predicted molar refractivity (Wildman–Crippen MR) is 120 cm³/mol. The minimum Gasteiger partial charge on any atom is -0.507 e. The molecule has 1 saturated heterocycles. The molecule has 1 N–H and O–H groups in total. The maximum atomic E-state index is 13.1. The fourth-order valence-electron chi connectivity index (χ4n) is 4.00. The van der Waals surface area contributed by atoms with Crippen LogP contribution in [0, 0.1) is 20.8 Å². The second kappa shape index (κ2) is 8.38. The first-order chi connectivity index (χ1) is 15.3. The molecular weight excluding hydrogens is 406 g/mol. The van der Waals surface area contributed by atoms with Gasteiger partial charge in [-0.3, -0.25) is 9.59 Å². The normalized spacial score (nSPS) is 17.8. The largest absolute Gasteiger partial charge is 0.507 e. The lowest BCUT2D eigenvalue weighted by Crippen LogP contribution is -2.29. The quantitative estimate of drug-likeness (QED) is 0.355. The molecule has 4 rings (SSSR count). The number of hydrogen-bond acceptors (Lipinski definition) is 5. The first-order valence-corrected chi connectivity index (χ1v) is 10.4. The van der Waals surface area contributed by atoms with Gasteiger partial charge >= 0.3 is 0 Å². The molecule has 1 amide bonds. The number of carbonyl (C=O) groups is 2. The average Bonchev–Trinajstić information content (AvgIpc) is 3.31. The number of ketones is 1. The minimum atomic E-state index is -0.852. The number of rotatable bonds is 5. The van der Waals surface area contributed by atoms with Gasteiger partial charge in [0.25, 0.3) is 11.7 Å². The molecule has 6 heteroatoms. The van der Waals surface area contributed by atoms with E-state index in [1.165, 1.54) is 4.90 Å². The summed E-state index contributed by atoms with van der Waals surface area (Å²) in [6.45, 7) is 5.82. The van der Waals surface area contributed by atoms with E-state index in [-0.39, 0.29) is 17.9 Å². The fraction of sp³-hybridized carbons (Fsp3) is 0.231. The van der Waals surface area contributed by atoms with Crippen LogP contribution in [-0.4, -0.2) is 28.8 Å². The van der Waals surface area contributed by atoms with E-state index in [1.54, 1.807) is 38.3 Å². The van der Waals surface area contributed by atoms with Crippen LogP contribution in [0.2, 0.25) is 0 Å². The number of hydrogen-bond donors (Lipinski definition) is 1. The number of methoxy groups -OCH3 is 1. The van der Waals surface area contributed by atoms with Gasteiger partial charge in [0.1, 0.15) is 29.1 Å². The number of furan rings is 1. The van der Waals surface area contributed by atoms with E-state index in [1.807, 2.05) is 44.2 Å². The molecule has 2 heterocycles.